The Morgan fingerprint density at radius 2 is 2.26 bits per heavy atom. The van der Waals surface area contributed by atoms with E-state index in [4.69, 9.17) is 5.84 Å². The maximum atomic E-state index is 12.0. The third kappa shape index (κ3) is 3.08. The largest absolute Gasteiger partial charge is 0.346 e. The van der Waals surface area contributed by atoms with Crippen LogP contribution in [0.25, 0.3) is 0 Å². The van der Waals surface area contributed by atoms with Crippen LogP contribution in [0.15, 0.2) is 24.4 Å². The number of amides is 1. The zero-order chi connectivity index (χ0) is 13.8. The Bertz CT molecular complexity index is 592. The van der Waals surface area contributed by atoms with E-state index in [1.807, 2.05) is 13.1 Å². The Morgan fingerprint density at radius 3 is 2.89 bits per heavy atom. The summed E-state index contributed by atoms with van der Waals surface area (Å²) in [6.45, 7) is 2.22. The highest BCUT2D eigenvalue weighted by molar-refractivity contribution is 5.94. The molecule has 7 heteroatoms. The molecule has 2 rings (SSSR count). The van der Waals surface area contributed by atoms with E-state index in [1.54, 1.807) is 29.9 Å². The van der Waals surface area contributed by atoms with Gasteiger partial charge in [-0.15, -0.1) is 0 Å². The fourth-order valence-electron chi connectivity index (χ4n) is 1.72. The number of nitrogens with one attached hydrogen (secondary N) is 2. The Labute approximate surface area is 110 Å². The molecule has 0 aromatic carbocycles. The van der Waals surface area contributed by atoms with Gasteiger partial charge in [0.15, 0.2) is 0 Å². The van der Waals surface area contributed by atoms with Gasteiger partial charge in [0.25, 0.3) is 5.91 Å². The van der Waals surface area contributed by atoms with E-state index in [1.165, 1.54) is 0 Å². The van der Waals surface area contributed by atoms with Gasteiger partial charge in [-0.3, -0.25) is 9.48 Å². The van der Waals surface area contributed by atoms with Crippen molar-refractivity contribution in [1.82, 2.24) is 20.1 Å². The molecule has 0 fully saturated rings. The van der Waals surface area contributed by atoms with Gasteiger partial charge in [0.1, 0.15) is 5.82 Å². The van der Waals surface area contributed by atoms with Crippen LogP contribution in [0, 0.1) is 6.92 Å². The van der Waals surface area contributed by atoms with Gasteiger partial charge in [-0.05, 0) is 25.1 Å². The van der Waals surface area contributed by atoms with E-state index in [0.717, 1.165) is 11.4 Å². The Kier molecular flexibility index (Phi) is 3.76. The summed E-state index contributed by atoms with van der Waals surface area (Å²) >= 11 is 0. The lowest BCUT2D eigenvalue weighted by molar-refractivity contribution is 0.0950. The van der Waals surface area contributed by atoms with E-state index in [9.17, 15) is 4.79 Å². The molecule has 100 valence electrons. The van der Waals surface area contributed by atoms with Crippen LogP contribution in [0.4, 0.5) is 5.82 Å². The molecule has 19 heavy (non-hydrogen) atoms. The molecule has 0 aliphatic heterocycles. The fourth-order valence-corrected chi connectivity index (χ4v) is 1.72. The van der Waals surface area contributed by atoms with Crippen molar-refractivity contribution in [2.45, 2.75) is 13.5 Å². The number of aryl methyl sites for hydroxylation is 2. The molecule has 4 N–H and O–H groups in total. The number of anilines is 1. The van der Waals surface area contributed by atoms with Crippen LogP contribution >= 0.6 is 0 Å². The standard InChI is InChI=1S/C12H16N6O/c1-8-5-9(6-11(16-8)17-13)12(19)14-7-10-3-4-15-18(10)2/h3-6H,7,13H2,1-2H3,(H,14,19)(H,16,17). The molecule has 2 aromatic heterocycles. The first-order valence-corrected chi connectivity index (χ1v) is 5.80. The van der Waals surface area contributed by atoms with Gasteiger partial charge in [0, 0.05) is 24.5 Å². The number of rotatable bonds is 4. The first kappa shape index (κ1) is 13.0. The minimum Gasteiger partial charge on any atom is -0.346 e. The number of hydrazine groups is 1. The predicted octanol–water partition coefficient (Wildman–Crippen LogP) is 0.339. The van der Waals surface area contributed by atoms with Crippen LogP contribution in [0.1, 0.15) is 21.7 Å². The molecule has 0 unspecified atom stereocenters. The molecule has 7 nitrogen and oxygen atoms in total. The second-order valence-corrected chi connectivity index (χ2v) is 4.16. The van der Waals surface area contributed by atoms with Gasteiger partial charge in [0.05, 0.1) is 12.2 Å². The summed E-state index contributed by atoms with van der Waals surface area (Å²) in [4.78, 5) is 16.2. The Balaban J connectivity index is 2.08. The summed E-state index contributed by atoms with van der Waals surface area (Å²) in [5.41, 5.74) is 4.60. The average molecular weight is 260 g/mol. The van der Waals surface area contributed by atoms with Gasteiger partial charge in [0.2, 0.25) is 0 Å². The second-order valence-electron chi connectivity index (χ2n) is 4.16. The highest BCUT2D eigenvalue weighted by Crippen LogP contribution is 2.09. The molecule has 0 saturated carbocycles. The molecule has 2 aromatic rings. The molecule has 0 aliphatic rings. The van der Waals surface area contributed by atoms with Gasteiger partial charge < -0.3 is 10.7 Å². The van der Waals surface area contributed by atoms with Crippen molar-refractivity contribution in [3.63, 3.8) is 0 Å². The molecule has 0 spiro atoms. The molecule has 1 amide bonds. The summed E-state index contributed by atoms with van der Waals surface area (Å²) in [5, 5.41) is 6.86. The van der Waals surface area contributed by atoms with Crippen molar-refractivity contribution < 1.29 is 4.79 Å². The van der Waals surface area contributed by atoms with Gasteiger partial charge >= 0.3 is 0 Å². The molecule has 0 radical (unpaired) electrons. The fraction of sp³-hybridized carbons (Fsp3) is 0.250. The zero-order valence-electron chi connectivity index (χ0n) is 10.8. The summed E-state index contributed by atoms with van der Waals surface area (Å²) in [6, 6.07) is 5.16. The molecule has 2 heterocycles. The topological polar surface area (TPSA) is 97.9 Å². The molecular weight excluding hydrogens is 244 g/mol. The summed E-state index contributed by atoms with van der Waals surface area (Å²) in [7, 11) is 1.83. The van der Waals surface area contributed by atoms with Crippen LogP contribution in [-0.4, -0.2) is 20.7 Å². The van der Waals surface area contributed by atoms with Crippen LogP contribution in [0.3, 0.4) is 0 Å². The van der Waals surface area contributed by atoms with Crippen molar-refractivity contribution in [2.24, 2.45) is 12.9 Å². The number of nitrogen functional groups attached to an aromatic ring is 1. The first-order valence-electron chi connectivity index (χ1n) is 5.80. The van der Waals surface area contributed by atoms with E-state index in [-0.39, 0.29) is 5.91 Å². The van der Waals surface area contributed by atoms with Gasteiger partial charge in [-0.2, -0.15) is 5.10 Å². The quantitative estimate of drug-likeness (QED) is 0.544. The molecule has 0 atom stereocenters. The number of carbonyl (C=O) groups is 1. The van der Waals surface area contributed by atoms with Crippen molar-refractivity contribution in [3.8, 4) is 0 Å². The Hall–Kier alpha value is -2.41. The maximum absolute atomic E-state index is 12.0. The van der Waals surface area contributed by atoms with E-state index in [0.29, 0.717) is 17.9 Å². The number of pyridine rings is 1. The second kappa shape index (κ2) is 5.49. The lowest BCUT2D eigenvalue weighted by atomic mass is 10.2. The number of hydrogen-bond acceptors (Lipinski definition) is 5. The van der Waals surface area contributed by atoms with Gasteiger partial charge in [-0.1, -0.05) is 0 Å². The van der Waals surface area contributed by atoms with Gasteiger partial charge in [-0.25, -0.2) is 10.8 Å². The number of nitrogens with two attached hydrogens (primary N) is 1. The highest BCUT2D eigenvalue weighted by Gasteiger charge is 2.09. The average Bonchev–Trinajstić information content (AvgIpc) is 2.80. The van der Waals surface area contributed by atoms with Crippen molar-refractivity contribution >= 4 is 11.7 Å². The number of aromatic nitrogens is 3. The van der Waals surface area contributed by atoms with Crippen LogP contribution in [0.5, 0.6) is 0 Å². The SMILES string of the molecule is Cc1cc(C(=O)NCc2ccnn2C)cc(NN)n1. The maximum Gasteiger partial charge on any atom is 0.251 e. The normalized spacial score (nSPS) is 10.3. The highest BCUT2D eigenvalue weighted by atomic mass is 16.1. The number of carbonyl (C=O) groups excluding carboxylic acids is 1. The monoisotopic (exact) mass is 260 g/mol. The van der Waals surface area contributed by atoms with Crippen LogP contribution in [-0.2, 0) is 13.6 Å². The third-order valence-electron chi connectivity index (χ3n) is 2.72. The van der Waals surface area contributed by atoms with Crippen LogP contribution in [0.2, 0.25) is 0 Å². The Morgan fingerprint density at radius 1 is 1.47 bits per heavy atom. The van der Waals surface area contributed by atoms with Crippen molar-refractivity contribution in [3.05, 3.63) is 41.3 Å². The lowest BCUT2D eigenvalue weighted by Gasteiger charge is -2.08. The summed E-state index contributed by atoms with van der Waals surface area (Å²) in [5.74, 6) is 5.59. The minimum atomic E-state index is -0.178. The summed E-state index contributed by atoms with van der Waals surface area (Å²) < 4.78 is 1.71. The predicted molar refractivity (Wildman–Crippen MR) is 71.2 cm³/mol. The van der Waals surface area contributed by atoms with E-state index < -0.39 is 0 Å². The number of hydrogen-bond donors (Lipinski definition) is 3. The first-order chi connectivity index (χ1) is 9.10. The third-order valence-corrected chi connectivity index (χ3v) is 2.72. The summed E-state index contributed by atoms with van der Waals surface area (Å²) in [6.07, 6.45) is 1.69. The number of nitrogens with zero attached hydrogens (tertiary/aromatic N) is 3. The lowest BCUT2D eigenvalue weighted by Crippen LogP contribution is -2.24. The molecule has 0 bridgehead atoms. The van der Waals surface area contributed by atoms with Crippen molar-refractivity contribution in [1.29, 1.82) is 0 Å². The van der Waals surface area contributed by atoms with E-state index >= 15 is 0 Å². The van der Waals surface area contributed by atoms with E-state index in [2.05, 4.69) is 20.8 Å². The zero-order valence-corrected chi connectivity index (χ0v) is 10.8. The smallest absolute Gasteiger partial charge is 0.251 e. The molecular formula is C12H16N6O. The van der Waals surface area contributed by atoms with Crippen LogP contribution < -0.4 is 16.6 Å². The molecule has 0 saturated heterocycles. The minimum absolute atomic E-state index is 0.178. The van der Waals surface area contributed by atoms with Crippen molar-refractivity contribution in [2.75, 3.05) is 5.43 Å². The molecule has 0 aliphatic carbocycles.